The Hall–Kier alpha value is -6.31. The smallest absolute Gasteiger partial charge is 0.0722 e. The maximum atomic E-state index is 5.48. The van der Waals surface area contributed by atoms with Gasteiger partial charge in [-0.2, -0.15) is 0 Å². The van der Waals surface area contributed by atoms with Crippen LogP contribution in [0.15, 0.2) is 176 Å². The van der Waals surface area contributed by atoms with Gasteiger partial charge in [0.1, 0.15) is 0 Å². The van der Waals surface area contributed by atoms with Crippen LogP contribution < -0.4 is 0 Å². The second-order valence-electron chi connectivity index (χ2n) is 12.7. The number of fused-ring (bicyclic) bond motifs is 8. The molecule has 0 saturated carbocycles. The molecule has 0 aliphatic rings. The van der Waals surface area contributed by atoms with Crippen LogP contribution in [0.4, 0.5) is 0 Å². The lowest BCUT2D eigenvalue weighted by molar-refractivity contribution is 1.34. The molecular formula is C47H29N. The van der Waals surface area contributed by atoms with Crippen molar-refractivity contribution in [3.63, 3.8) is 0 Å². The lowest BCUT2D eigenvalue weighted by atomic mass is 9.86. The van der Waals surface area contributed by atoms with Crippen LogP contribution in [0.1, 0.15) is 0 Å². The molecule has 10 rings (SSSR count). The fourth-order valence-corrected chi connectivity index (χ4v) is 7.87. The van der Waals surface area contributed by atoms with Crippen LogP contribution in [0.25, 0.3) is 98.3 Å². The molecule has 10 aromatic rings. The maximum absolute atomic E-state index is 5.48. The fraction of sp³-hybridized carbons (Fsp3) is 0. The Bertz CT molecular complexity index is 2840. The van der Waals surface area contributed by atoms with Gasteiger partial charge in [-0.3, -0.25) is 0 Å². The molecule has 222 valence electrons. The van der Waals surface area contributed by atoms with E-state index in [1.807, 2.05) is 0 Å². The average Bonchev–Trinajstić information content (AvgIpc) is 3.16. The van der Waals surface area contributed by atoms with Crippen LogP contribution in [0.3, 0.4) is 0 Å². The minimum absolute atomic E-state index is 0.977. The topological polar surface area (TPSA) is 12.9 Å². The van der Waals surface area contributed by atoms with Gasteiger partial charge in [0.05, 0.1) is 11.4 Å². The molecule has 1 heteroatoms. The van der Waals surface area contributed by atoms with E-state index in [0.717, 1.165) is 17.0 Å². The van der Waals surface area contributed by atoms with Crippen molar-refractivity contribution in [2.24, 2.45) is 0 Å². The Labute approximate surface area is 278 Å². The number of pyridine rings is 1. The number of nitrogens with zero attached hydrogens (tertiary/aromatic N) is 1. The van der Waals surface area contributed by atoms with Crippen molar-refractivity contribution in [2.75, 3.05) is 0 Å². The van der Waals surface area contributed by atoms with E-state index in [-0.39, 0.29) is 0 Å². The summed E-state index contributed by atoms with van der Waals surface area (Å²) >= 11 is 0. The SMILES string of the molecule is c1cc(-c2c3ccccc3c(-c3ccc4ccccc4c3)c3ccccc23)nc(-c2cc3ccc4ccccc4c3c3ccccc23)c1. The third-order valence-electron chi connectivity index (χ3n) is 10.00. The first-order valence-corrected chi connectivity index (χ1v) is 16.6. The second-order valence-corrected chi connectivity index (χ2v) is 12.7. The lowest BCUT2D eigenvalue weighted by Crippen LogP contribution is -1.94. The van der Waals surface area contributed by atoms with E-state index in [1.54, 1.807) is 0 Å². The van der Waals surface area contributed by atoms with Crippen LogP contribution in [-0.2, 0) is 0 Å². The minimum atomic E-state index is 0.977. The first-order chi connectivity index (χ1) is 23.8. The third-order valence-corrected chi connectivity index (χ3v) is 10.00. The Morgan fingerprint density at radius 3 is 1.54 bits per heavy atom. The van der Waals surface area contributed by atoms with Crippen molar-refractivity contribution in [3.05, 3.63) is 176 Å². The van der Waals surface area contributed by atoms with Gasteiger partial charge < -0.3 is 0 Å². The molecule has 0 fully saturated rings. The lowest BCUT2D eigenvalue weighted by Gasteiger charge is -2.18. The first kappa shape index (κ1) is 26.9. The van der Waals surface area contributed by atoms with Gasteiger partial charge in [-0.15, -0.1) is 0 Å². The van der Waals surface area contributed by atoms with Crippen molar-refractivity contribution < 1.29 is 0 Å². The van der Waals surface area contributed by atoms with Gasteiger partial charge >= 0.3 is 0 Å². The summed E-state index contributed by atoms with van der Waals surface area (Å²) in [5.41, 5.74) is 6.77. The largest absolute Gasteiger partial charge is 0.248 e. The van der Waals surface area contributed by atoms with Crippen LogP contribution >= 0.6 is 0 Å². The average molecular weight is 608 g/mol. The van der Waals surface area contributed by atoms with Gasteiger partial charge in [-0.1, -0.05) is 152 Å². The molecule has 0 atom stereocenters. The highest BCUT2D eigenvalue weighted by atomic mass is 14.7. The van der Waals surface area contributed by atoms with Gasteiger partial charge in [-0.05, 0) is 100 Å². The molecule has 0 radical (unpaired) electrons. The van der Waals surface area contributed by atoms with Crippen molar-refractivity contribution >= 4 is 64.6 Å². The van der Waals surface area contributed by atoms with E-state index in [2.05, 4.69) is 176 Å². The van der Waals surface area contributed by atoms with Gasteiger partial charge in [0.2, 0.25) is 0 Å². The van der Waals surface area contributed by atoms with Crippen molar-refractivity contribution in [1.29, 1.82) is 0 Å². The van der Waals surface area contributed by atoms with Crippen molar-refractivity contribution in [2.45, 2.75) is 0 Å². The molecule has 0 unspecified atom stereocenters. The third kappa shape index (κ3) is 4.08. The quantitative estimate of drug-likeness (QED) is 0.144. The van der Waals surface area contributed by atoms with Crippen LogP contribution in [-0.4, -0.2) is 4.98 Å². The number of benzene rings is 9. The van der Waals surface area contributed by atoms with Crippen molar-refractivity contribution in [1.82, 2.24) is 4.98 Å². The molecule has 0 amide bonds. The number of hydrogen-bond donors (Lipinski definition) is 0. The molecule has 0 spiro atoms. The van der Waals surface area contributed by atoms with Crippen molar-refractivity contribution in [3.8, 4) is 33.6 Å². The molecule has 1 nitrogen and oxygen atoms in total. The summed E-state index contributed by atoms with van der Waals surface area (Å²) in [4.78, 5) is 5.48. The molecule has 0 N–H and O–H groups in total. The van der Waals surface area contributed by atoms with Crippen LogP contribution in [0, 0.1) is 0 Å². The van der Waals surface area contributed by atoms with E-state index >= 15 is 0 Å². The zero-order valence-corrected chi connectivity index (χ0v) is 26.2. The van der Waals surface area contributed by atoms with E-state index in [4.69, 9.17) is 4.98 Å². The Morgan fingerprint density at radius 1 is 0.292 bits per heavy atom. The molecule has 9 aromatic carbocycles. The first-order valence-electron chi connectivity index (χ1n) is 16.6. The summed E-state index contributed by atoms with van der Waals surface area (Å²) in [5.74, 6) is 0. The number of aromatic nitrogens is 1. The highest BCUT2D eigenvalue weighted by Gasteiger charge is 2.19. The Kier molecular flexibility index (Phi) is 5.94. The zero-order valence-electron chi connectivity index (χ0n) is 26.2. The highest BCUT2D eigenvalue weighted by molar-refractivity contribution is 6.24. The van der Waals surface area contributed by atoms with E-state index in [9.17, 15) is 0 Å². The van der Waals surface area contributed by atoms with E-state index in [1.165, 1.54) is 81.3 Å². The molecule has 1 aromatic heterocycles. The second kappa shape index (κ2) is 10.6. The standard InChI is InChI=1S/C47H29N/c1-2-14-32-28-33(26-24-30(32)12-1)46-38-18-7-9-20-40(38)47(41-21-10-8-19-39(41)46)44-23-11-22-43(48-44)42-29-34-27-25-31-13-3-4-15-35(31)45(34)37-17-6-5-16-36(37)42/h1-29H. The Balaban J connectivity index is 1.24. The normalized spacial score (nSPS) is 11.8. The molecule has 0 saturated heterocycles. The van der Waals surface area contributed by atoms with Gasteiger partial charge in [0, 0.05) is 11.1 Å². The molecule has 48 heavy (non-hydrogen) atoms. The van der Waals surface area contributed by atoms with E-state index in [0.29, 0.717) is 0 Å². The molecule has 0 bridgehead atoms. The predicted octanol–water partition coefficient (Wildman–Crippen LogP) is 13.0. The molecule has 1 heterocycles. The number of hydrogen-bond acceptors (Lipinski definition) is 1. The van der Waals surface area contributed by atoms with Gasteiger partial charge in [0.25, 0.3) is 0 Å². The summed E-state index contributed by atoms with van der Waals surface area (Å²) in [5, 5.41) is 14.9. The summed E-state index contributed by atoms with van der Waals surface area (Å²) in [7, 11) is 0. The fourth-order valence-electron chi connectivity index (χ4n) is 7.87. The summed E-state index contributed by atoms with van der Waals surface area (Å²) in [6, 6.07) is 63.8. The van der Waals surface area contributed by atoms with E-state index < -0.39 is 0 Å². The maximum Gasteiger partial charge on any atom is 0.0722 e. The van der Waals surface area contributed by atoms with Gasteiger partial charge in [0.15, 0.2) is 0 Å². The zero-order chi connectivity index (χ0) is 31.6. The molecule has 0 aliphatic heterocycles. The minimum Gasteiger partial charge on any atom is -0.248 e. The van der Waals surface area contributed by atoms with Gasteiger partial charge in [-0.25, -0.2) is 4.98 Å². The molecule has 0 aliphatic carbocycles. The predicted molar refractivity (Wildman–Crippen MR) is 206 cm³/mol. The summed E-state index contributed by atoms with van der Waals surface area (Å²) < 4.78 is 0. The Morgan fingerprint density at radius 2 is 0.812 bits per heavy atom. The molecular weight excluding hydrogens is 579 g/mol. The number of rotatable bonds is 3. The summed E-state index contributed by atoms with van der Waals surface area (Å²) in [6.45, 7) is 0. The monoisotopic (exact) mass is 607 g/mol. The highest BCUT2D eigenvalue weighted by Crippen LogP contribution is 2.44. The van der Waals surface area contributed by atoms with Crippen LogP contribution in [0.5, 0.6) is 0 Å². The summed E-state index contributed by atoms with van der Waals surface area (Å²) in [6.07, 6.45) is 0. The van der Waals surface area contributed by atoms with Crippen LogP contribution in [0.2, 0.25) is 0 Å².